The number of hydrogen-bond acceptors (Lipinski definition) is 3. The van der Waals surface area contributed by atoms with Crippen LogP contribution in [0.25, 0.3) is 0 Å². The first-order valence-electron chi connectivity index (χ1n) is 4.33. The molecule has 1 amide bonds. The molecular formula is C9H13NO4. The maximum atomic E-state index is 11.2. The predicted molar refractivity (Wildman–Crippen MR) is 48.8 cm³/mol. The number of hydrogen-bond donors (Lipinski definition) is 2. The van der Waals surface area contributed by atoms with Crippen molar-refractivity contribution in [3.8, 4) is 0 Å². The second-order valence-electron chi connectivity index (χ2n) is 3.52. The van der Waals surface area contributed by atoms with Crippen molar-refractivity contribution in [3.63, 3.8) is 0 Å². The quantitative estimate of drug-likeness (QED) is 0.623. The van der Waals surface area contributed by atoms with E-state index < -0.39 is 11.9 Å². The molecule has 78 valence electrons. The summed E-state index contributed by atoms with van der Waals surface area (Å²) in [6.07, 6.45) is 2.57. The number of carbonyl (C=O) groups is 2. The third kappa shape index (κ3) is 3.18. The van der Waals surface area contributed by atoms with Crippen molar-refractivity contribution in [1.29, 1.82) is 0 Å². The minimum absolute atomic E-state index is 0.361. The normalized spacial score (nSPS) is 26.6. The number of carboxylic acid groups (broad SMARTS) is 1. The van der Waals surface area contributed by atoms with Gasteiger partial charge in [-0.2, -0.15) is 0 Å². The van der Waals surface area contributed by atoms with Crippen LogP contribution in [0, 0.1) is 0 Å². The molecular weight excluding hydrogens is 186 g/mol. The van der Waals surface area contributed by atoms with Crippen LogP contribution >= 0.6 is 0 Å². The summed E-state index contributed by atoms with van der Waals surface area (Å²) in [6.45, 7) is 2.96. The summed E-state index contributed by atoms with van der Waals surface area (Å²) >= 11 is 0. The number of nitrogens with one attached hydrogen (secondary N) is 1. The highest BCUT2D eigenvalue weighted by Gasteiger charge is 2.30. The fraction of sp³-hybridized carbons (Fsp3) is 0.556. The van der Waals surface area contributed by atoms with Gasteiger partial charge < -0.3 is 15.2 Å². The molecule has 1 fully saturated rings. The number of amides is 1. The number of ether oxygens (including phenoxy) is 1. The Morgan fingerprint density at radius 2 is 2.21 bits per heavy atom. The first-order valence-corrected chi connectivity index (χ1v) is 4.33. The first-order chi connectivity index (χ1) is 6.52. The monoisotopic (exact) mass is 199 g/mol. The molecule has 0 spiro atoms. The molecule has 1 aliphatic heterocycles. The lowest BCUT2D eigenvalue weighted by molar-refractivity contribution is -0.131. The molecule has 0 aliphatic carbocycles. The van der Waals surface area contributed by atoms with Gasteiger partial charge in [0.25, 0.3) is 0 Å². The smallest absolute Gasteiger partial charge is 0.328 e. The summed E-state index contributed by atoms with van der Waals surface area (Å²) < 4.78 is 5.13. The summed E-state index contributed by atoms with van der Waals surface area (Å²) in [7, 11) is 0. The number of carboxylic acids is 1. The molecule has 0 bridgehead atoms. The van der Waals surface area contributed by atoms with E-state index >= 15 is 0 Å². The molecule has 0 saturated carbocycles. The van der Waals surface area contributed by atoms with E-state index in [1.807, 2.05) is 6.92 Å². The van der Waals surface area contributed by atoms with E-state index in [-0.39, 0.29) is 5.54 Å². The Kier molecular flexibility index (Phi) is 3.24. The van der Waals surface area contributed by atoms with Crippen LogP contribution in [0.1, 0.15) is 13.3 Å². The number of carbonyl (C=O) groups excluding carboxylic acids is 1. The highest BCUT2D eigenvalue weighted by atomic mass is 16.5. The molecule has 5 heteroatoms. The van der Waals surface area contributed by atoms with Crippen molar-refractivity contribution in [2.24, 2.45) is 0 Å². The maximum Gasteiger partial charge on any atom is 0.328 e. The van der Waals surface area contributed by atoms with Gasteiger partial charge in [-0.05, 0) is 13.3 Å². The van der Waals surface area contributed by atoms with Crippen molar-refractivity contribution >= 4 is 11.9 Å². The van der Waals surface area contributed by atoms with Crippen molar-refractivity contribution in [2.45, 2.75) is 18.9 Å². The molecule has 0 aromatic heterocycles. The molecule has 1 unspecified atom stereocenters. The Hall–Kier alpha value is -1.36. The van der Waals surface area contributed by atoms with Crippen molar-refractivity contribution in [1.82, 2.24) is 5.32 Å². The van der Waals surface area contributed by atoms with Gasteiger partial charge in [-0.3, -0.25) is 4.79 Å². The molecule has 1 heterocycles. The van der Waals surface area contributed by atoms with Gasteiger partial charge in [0.2, 0.25) is 5.91 Å². The maximum absolute atomic E-state index is 11.2. The Balaban J connectivity index is 2.44. The lowest BCUT2D eigenvalue weighted by Gasteiger charge is -2.22. The summed E-state index contributed by atoms with van der Waals surface area (Å²) in [6, 6.07) is 0. The molecule has 0 radical (unpaired) electrons. The third-order valence-corrected chi connectivity index (χ3v) is 2.02. The molecule has 1 atom stereocenters. The van der Waals surface area contributed by atoms with E-state index in [4.69, 9.17) is 9.84 Å². The number of rotatable bonds is 3. The van der Waals surface area contributed by atoms with Crippen molar-refractivity contribution < 1.29 is 19.4 Å². The summed E-state index contributed by atoms with van der Waals surface area (Å²) in [5, 5.41) is 11.0. The van der Waals surface area contributed by atoms with Gasteiger partial charge in [0.05, 0.1) is 12.1 Å². The highest BCUT2D eigenvalue weighted by molar-refractivity contribution is 5.94. The average molecular weight is 199 g/mol. The summed E-state index contributed by atoms with van der Waals surface area (Å²) in [5.74, 6) is -1.53. The molecule has 1 saturated heterocycles. The Labute approximate surface area is 81.7 Å². The molecule has 0 aromatic rings. The largest absolute Gasteiger partial charge is 0.478 e. The summed E-state index contributed by atoms with van der Waals surface area (Å²) in [5.41, 5.74) is -0.361. The highest BCUT2D eigenvalue weighted by Crippen LogP contribution is 2.16. The molecule has 14 heavy (non-hydrogen) atoms. The topological polar surface area (TPSA) is 75.6 Å². The molecule has 0 aromatic carbocycles. The van der Waals surface area contributed by atoms with Crippen LogP contribution in [-0.2, 0) is 14.3 Å². The van der Waals surface area contributed by atoms with Crippen LogP contribution < -0.4 is 5.32 Å². The SMILES string of the molecule is CC1(NC(=O)/C=C\C(=O)O)CCOC1. The molecule has 1 aliphatic rings. The fourth-order valence-electron chi connectivity index (χ4n) is 1.25. The summed E-state index contributed by atoms with van der Waals surface area (Å²) in [4.78, 5) is 21.3. The second kappa shape index (κ2) is 4.23. The molecule has 1 rings (SSSR count). The Morgan fingerprint density at radius 1 is 1.50 bits per heavy atom. The fourth-order valence-corrected chi connectivity index (χ4v) is 1.25. The minimum Gasteiger partial charge on any atom is -0.478 e. The van der Waals surface area contributed by atoms with E-state index in [0.29, 0.717) is 13.2 Å². The standard InChI is InChI=1S/C9H13NO4/c1-9(4-5-14-6-9)10-7(11)2-3-8(12)13/h2-3H,4-6H2,1H3,(H,10,11)(H,12,13)/b3-2-. The zero-order valence-electron chi connectivity index (χ0n) is 7.95. The second-order valence-corrected chi connectivity index (χ2v) is 3.52. The van der Waals surface area contributed by atoms with E-state index in [0.717, 1.165) is 18.6 Å². The molecule has 5 nitrogen and oxygen atoms in total. The van der Waals surface area contributed by atoms with E-state index in [2.05, 4.69) is 5.32 Å². The lowest BCUT2D eigenvalue weighted by Crippen LogP contribution is -2.45. The average Bonchev–Trinajstić information content (AvgIpc) is 2.48. The van der Waals surface area contributed by atoms with E-state index in [1.54, 1.807) is 0 Å². The van der Waals surface area contributed by atoms with Crippen LogP contribution in [-0.4, -0.2) is 35.7 Å². The first kappa shape index (κ1) is 10.7. The van der Waals surface area contributed by atoms with Gasteiger partial charge in [0.15, 0.2) is 0 Å². The van der Waals surface area contributed by atoms with Crippen molar-refractivity contribution in [2.75, 3.05) is 13.2 Å². The molecule has 2 N–H and O–H groups in total. The zero-order valence-corrected chi connectivity index (χ0v) is 7.95. The van der Waals surface area contributed by atoms with Gasteiger partial charge in [-0.25, -0.2) is 4.79 Å². The number of aliphatic carboxylic acids is 1. The van der Waals surface area contributed by atoms with E-state index in [1.165, 1.54) is 0 Å². The van der Waals surface area contributed by atoms with Gasteiger partial charge >= 0.3 is 5.97 Å². The zero-order chi connectivity index (χ0) is 10.6. The lowest BCUT2D eigenvalue weighted by atomic mass is 10.0. The predicted octanol–water partition coefficient (Wildman–Crippen LogP) is -0.0776. The minimum atomic E-state index is -1.13. The van der Waals surface area contributed by atoms with Crippen LogP contribution in [0.3, 0.4) is 0 Å². The Morgan fingerprint density at radius 3 is 2.71 bits per heavy atom. The van der Waals surface area contributed by atoms with Gasteiger partial charge in [-0.15, -0.1) is 0 Å². The third-order valence-electron chi connectivity index (χ3n) is 2.02. The van der Waals surface area contributed by atoms with Gasteiger partial charge in [-0.1, -0.05) is 0 Å². The van der Waals surface area contributed by atoms with Crippen LogP contribution in [0.5, 0.6) is 0 Å². The van der Waals surface area contributed by atoms with Gasteiger partial charge in [0, 0.05) is 18.8 Å². The van der Waals surface area contributed by atoms with Crippen LogP contribution in [0.4, 0.5) is 0 Å². The van der Waals surface area contributed by atoms with Crippen molar-refractivity contribution in [3.05, 3.63) is 12.2 Å². The van der Waals surface area contributed by atoms with Crippen LogP contribution in [0.15, 0.2) is 12.2 Å². The van der Waals surface area contributed by atoms with E-state index in [9.17, 15) is 9.59 Å². The Bertz CT molecular complexity index is 266. The van der Waals surface area contributed by atoms with Gasteiger partial charge in [0.1, 0.15) is 0 Å². The van der Waals surface area contributed by atoms with Crippen LogP contribution in [0.2, 0.25) is 0 Å².